The fourth-order valence-corrected chi connectivity index (χ4v) is 3.58. The number of rotatable bonds is 7. The van der Waals surface area contributed by atoms with Gasteiger partial charge in [-0.05, 0) is 52.9 Å². The largest absolute Gasteiger partial charge is 0.439 e. The molecule has 0 fully saturated rings. The number of anilines is 1. The van der Waals surface area contributed by atoms with E-state index in [0.29, 0.717) is 59.3 Å². The van der Waals surface area contributed by atoms with Gasteiger partial charge < -0.3 is 15.4 Å². The number of carbonyl (C=O) groups excluding carboxylic acids is 1. The third kappa shape index (κ3) is 5.57. The lowest BCUT2D eigenvalue weighted by Crippen LogP contribution is -2.19. The van der Waals surface area contributed by atoms with Crippen LogP contribution in [-0.4, -0.2) is 41.2 Å². The van der Waals surface area contributed by atoms with Gasteiger partial charge in [0.2, 0.25) is 5.88 Å². The van der Waals surface area contributed by atoms with E-state index in [2.05, 4.69) is 41.2 Å². The average molecular weight is 527 g/mol. The second-order valence-electron chi connectivity index (χ2n) is 7.93. The number of fused-ring (bicyclic) bond motifs is 1. The Balaban J connectivity index is 1.26. The minimum Gasteiger partial charge on any atom is -0.439 e. The molecule has 0 unspecified atom stereocenters. The fraction of sp³-hybridized carbons (Fsp3) is 0.130. The molecule has 0 bridgehead atoms. The van der Waals surface area contributed by atoms with Crippen molar-refractivity contribution >= 4 is 22.6 Å². The summed E-state index contributed by atoms with van der Waals surface area (Å²) in [6.45, 7) is 0.828. The minimum atomic E-state index is -4.89. The minimum absolute atomic E-state index is 0.197. The van der Waals surface area contributed by atoms with Crippen molar-refractivity contribution < 1.29 is 27.1 Å². The van der Waals surface area contributed by atoms with Crippen LogP contribution in [0.3, 0.4) is 0 Å². The summed E-state index contributed by atoms with van der Waals surface area (Å²) < 4.78 is 59.5. The number of tetrazole rings is 1. The van der Waals surface area contributed by atoms with Gasteiger partial charge in [0.1, 0.15) is 17.9 Å². The molecule has 0 aliphatic rings. The van der Waals surface area contributed by atoms with Crippen molar-refractivity contribution in [2.75, 3.05) is 5.32 Å². The molecular formula is C23H17F4N9O2. The normalized spacial score (nSPS) is 11.6. The molecule has 2 aromatic carbocycles. The van der Waals surface area contributed by atoms with E-state index in [0.717, 1.165) is 6.07 Å². The van der Waals surface area contributed by atoms with Gasteiger partial charge >= 0.3 is 12.2 Å². The van der Waals surface area contributed by atoms with Crippen LogP contribution < -0.4 is 15.4 Å². The van der Waals surface area contributed by atoms with E-state index in [4.69, 9.17) is 4.74 Å². The third-order valence-electron chi connectivity index (χ3n) is 5.31. The standard InChI is InChI=1S/C23H17F4N9O2/c24-18-3-1-14(8-17(18)23(25,26)27)31-22(37)36-6-5-13-7-16(2-4-19(13)36)38-21-9-15(29-12-30-21)10-28-11-20-32-34-35-33-20/h1-9,12,28H,10-11H2,(H,31,37)(H,32,33,34,35). The Morgan fingerprint density at radius 3 is 2.71 bits per heavy atom. The number of carbonyl (C=O) groups is 1. The Labute approximate surface area is 210 Å². The van der Waals surface area contributed by atoms with Crippen LogP contribution in [0.25, 0.3) is 10.9 Å². The number of alkyl halides is 3. The molecule has 194 valence electrons. The van der Waals surface area contributed by atoms with E-state index in [-0.39, 0.29) is 5.69 Å². The Kier molecular flexibility index (Phi) is 6.66. The topological polar surface area (TPSA) is 136 Å². The molecule has 0 spiro atoms. The maximum absolute atomic E-state index is 13.5. The number of nitrogens with one attached hydrogen (secondary N) is 3. The molecular weight excluding hydrogens is 510 g/mol. The summed E-state index contributed by atoms with van der Waals surface area (Å²) in [6.07, 6.45) is -2.07. The van der Waals surface area contributed by atoms with Crippen molar-refractivity contribution in [1.29, 1.82) is 0 Å². The first kappa shape index (κ1) is 24.8. The lowest BCUT2D eigenvalue weighted by atomic mass is 10.2. The van der Waals surface area contributed by atoms with Crippen molar-refractivity contribution in [2.24, 2.45) is 0 Å². The van der Waals surface area contributed by atoms with Crippen LogP contribution in [0.5, 0.6) is 11.6 Å². The molecule has 3 heterocycles. The highest BCUT2D eigenvalue weighted by atomic mass is 19.4. The number of hydrogen-bond acceptors (Lipinski definition) is 8. The van der Waals surface area contributed by atoms with Crippen LogP contribution in [0.1, 0.15) is 17.1 Å². The second kappa shape index (κ2) is 10.2. The van der Waals surface area contributed by atoms with Crippen LogP contribution in [0.15, 0.2) is 61.1 Å². The monoisotopic (exact) mass is 527 g/mol. The fourth-order valence-electron chi connectivity index (χ4n) is 3.58. The number of halogens is 4. The van der Waals surface area contributed by atoms with E-state index >= 15 is 0 Å². The molecule has 0 saturated carbocycles. The lowest BCUT2D eigenvalue weighted by molar-refractivity contribution is -0.139. The Hall–Kier alpha value is -4.92. The van der Waals surface area contributed by atoms with Gasteiger partial charge in [-0.1, -0.05) is 0 Å². The summed E-state index contributed by atoms with van der Waals surface area (Å²) >= 11 is 0. The van der Waals surface area contributed by atoms with Gasteiger partial charge in [0.15, 0.2) is 5.82 Å². The highest BCUT2D eigenvalue weighted by Gasteiger charge is 2.34. The number of H-pyrrole nitrogens is 1. The van der Waals surface area contributed by atoms with Crippen LogP contribution >= 0.6 is 0 Å². The van der Waals surface area contributed by atoms with Crippen LogP contribution in [-0.2, 0) is 19.3 Å². The third-order valence-corrected chi connectivity index (χ3v) is 5.31. The number of hydrogen-bond donors (Lipinski definition) is 3. The summed E-state index contributed by atoms with van der Waals surface area (Å²) in [5.41, 5.74) is -0.523. The second-order valence-corrected chi connectivity index (χ2v) is 7.93. The molecule has 5 aromatic rings. The number of amides is 1. The zero-order valence-electron chi connectivity index (χ0n) is 19.2. The lowest BCUT2D eigenvalue weighted by Gasteiger charge is -2.12. The van der Waals surface area contributed by atoms with Crippen molar-refractivity contribution in [3.63, 3.8) is 0 Å². The number of aromatic amines is 1. The first-order chi connectivity index (χ1) is 18.3. The maximum atomic E-state index is 13.5. The van der Waals surface area contributed by atoms with Gasteiger partial charge in [-0.3, -0.25) is 4.57 Å². The summed E-state index contributed by atoms with van der Waals surface area (Å²) in [4.78, 5) is 21.0. The molecule has 0 aliphatic carbocycles. The van der Waals surface area contributed by atoms with E-state index in [1.165, 1.54) is 17.1 Å². The molecule has 38 heavy (non-hydrogen) atoms. The van der Waals surface area contributed by atoms with Gasteiger partial charge in [-0.15, -0.1) is 5.10 Å². The van der Waals surface area contributed by atoms with Crippen LogP contribution in [0, 0.1) is 5.82 Å². The number of benzene rings is 2. The zero-order valence-corrected chi connectivity index (χ0v) is 19.2. The summed E-state index contributed by atoms with van der Waals surface area (Å²) in [6, 6.07) is 9.73. The molecule has 5 rings (SSSR count). The summed E-state index contributed by atoms with van der Waals surface area (Å²) in [5.74, 6) is -0.112. The summed E-state index contributed by atoms with van der Waals surface area (Å²) in [5, 5.41) is 19.5. The van der Waals surface area contributed by atoms with Gasteiger partial charge in [0.05, 0.1) is 23.3 Å². The van der Waals surface area contributed by atoms with Crippen molar-refractivity contribution in [2.45, 2.75) is 19.3 Å². The maximum Gasteiger partial charge on any atom is 0.419 e. The van der Waals surface area contributed by atoms with Crippen molar-refractivity contribution in [3.05, 3.63) is 84.0 Å². The molecule has 11 nitrogen and oxygen atoms in total. The predicted molar refractivity (Wildman–Crippen MR) is 125 cm³/mol. The number of aromatic nitrogens is 7. The first-order valence-electron chi connectivity index (χ1n) is 11.0. The molecule has 15 heteroatoms. The van der Waals surface area contributed by atoms with Gasteiger partial charge in [-0.25, -0.2) is 24.3 Å². The Morgan fingerprint density at radius 1 is 1.05 bits per heavy atom. The van der Waals surface area contributed by atoms with Crippen LogP contribution in [0.4, 0.5) is 28.0 Å². The van der Waals surface area contributed by atoms with E-state index < -0.39 is 23.6 Å². The molecule has 3 N–H and O–H groups in total. The molecule has 0 saturated heterocycles. The Bertz CT molecular complexity index is 1590. The van der Waals surface area contributed by atoms with E-state index in [1.807, 2.05) is 0 Å². The first-order valence-corrected chi connectivity index (χ1v) is 11.0. The molecule has 0 aliphatic heterocycles. The highest BCUT2D eigenvalue weighted by molar-refractivity contribution is 5.98. The number of nitrogens with zero attached hydrogens (tertiary/aromatic N) is 6. The smallest absolute Gasteiger partial charge is 0.419 e. The number of ether oxygens (including phenoxy) is 1. The van der Waals surface area contributed by atoms with Gasteiger partial charge in [0.25, 0.3) is 0 Å². The average Bonchev–Trinajstić information content (AvgIpc) is 3.55. The molecule has 3 aromatic heterocycles. The zero-order chi connectivity index (χ0) is 26.7. The molecule has 0 atom stereocenters. The quantitative estimate of drug-likeness (QED) is 0.267. The van der Waals surface area contributed by atoms with Gasteiger partial charge in [-0.2, -0.15) is 13.2 Å². The van der Waals surface area contributed by atoms with Gasteiger partial charge in [0, 0.05) is 29.9 Å². The molecule has 1 amide bonds. The van der Waals surface area contributed by atoms with Crippen molar-refractivity contribution in [1.82, 2.24) is 40.5 Å². The van der Waals surface area contributed by atoms with E-state index in [1.54, 1.807) is 30.3 Å². The Morgan fingerprint density at radius 2 is 1.92 bits per heavy atom. The van der Waals surface area contributed by atoms with Crippen LogP contribution in [0.2, 0.25) is 0 Å². The predicted octanol–water partition coefficient (Wildman–Crippen LogP) is 4.26. The van der Waals surface area contributed by atoms with Crippen molar-refractivity contribution in [3.8, 4) is 11.6 Å². The highest BCUT2D eigenvalue weighted by Crippen LogP contribution is 2.33. The van der Waals surface area contributed by atoms with E-state index in [9.17, 15) is 22.4 Å². The SMILES string of the molecule is O=C(Nc1ccc(F)c(C(F)(F)F)c1)n1ccc2cc(Oc3cc(CNCc4nnn[nH]4)ncn3)ccc21. The molecule has 0 radical (unpaired) electrons. The summed E-state index contributed by atoms with van der Waals surface area (Å²) in [7, 11) is 0.